The van der Waals surface area contributed by atoms with Crippen LogP contribution >= 0.6 is 0 Å². The van der Waals surface area contributed by atoms with Gasteiger partial charge in [-0.3, -0.25) is 4.98 Å². The zero-order chi connectivity index (χ0) is 21.6. The third-order valence-corrected chi connectivity index (χ3v) is 4.77. The Hall–Kier alpha value is -4.00. The first-order valence-electron chi connectivity index (χ1n) is 9.93. The third-order valence-electron chi connectivity index (χ3n) is 4.77. The molecule has 2 aromatic carbocycles. The second kappa shape index (κ2) is 9.21. The highest BCUT2D eigenvalue weighted by Crippen LogP contribution is 2.32. The van der Waals surface area contributed by atoms with Gasteiger partial charge < -0.3 is 9.47 Å². The Balaban J connectivity index is 1.53. The molecule has 0 atom stereocenters. The number of aromatic amines is 1. The van der Waals surface area contributed by atoms with Gasteiger partial charge in [-0.15, -0.1) is 5.10 Å². The second-order valence-corrected chi connectivity index (χ2v) is 7.06. The Kier molecular flexibility index (Phi) is 6.03. The van der Waals surface area contributed by atoms with Gasteiger partial charge in [0, 0.05) is 17.3 Å². The average Bonchev–Trinajstić information content (AvgIpc) is 3.32. The minimum Gasteiger partial charge on any atom is -0.485 e. The normalized spacial score (nSPS) is 10.6. The molecule has 2 heterocycles. The maximum absolute atomic E-state index is 6.08. The van der Waals surface area contributed by atoms with E-state index in [9.17, 15) is 0 Å². The monoisotopic (exact) mass is 413 g/mol. The van der Waals surface area contributed by atoms with Gasteiger partial charge in [-0.25, -0.2) is 5.10 Å². The molecule has 0 radical (unpaired) electrons. The molecule has 7 nitrogen and oxygen atoms in total. The summed E-state index contributed by atoms with van der Waals surface area (Å²) < 4.78 is 11.8. The smallest absolute Gasteiger partial charge is 0.182 e. The van der Waals surface area contributed by atoms with E-state index in [2.05, 4.69) is 62.5 Å². The number of nitrogens with zero attached hydrogens (tertiary/aromatic N) is 4. The number of hydrogen-bond donors (Lipinski definition) is 1. The lowest BCUT2D eigenvalue weighted by molar-refractivity contribution is 0.273. The molecule has 2 aromatic heterocycles. The molecule has 4 aromatic rings. The summed E-state index contributed by atoms with van der Waals surface area (Å²) in [5.41, 5.74) is 5.79. The van der Waals surface area contributed by atoms with Crippen LogP contribution in [-0.2, 0) is 6.61 Å². The van der Waals surface area contributed by atoms with Crippen molar-refractivity contribution in [2.45, 2.75) is 20.5 Å². The molecule has 0 unspecified atom stereocenters. The average molecular weight is 413 g/mol. The highest BCUT2D eigenvalue weighted by molar-refractivity contribution is 5.80. The van der Waals surface area contributed by atoms with Crippen molar-refractivity contribution in [1.29, 1.82) is 0 Å². The lowest BCUT2D eigenvalue weighted by Crippen LogP contribution is -2.03. The molecule has 4 rings (SSSR count). The van der Waals surface area contributed by atoms with Crippen LogP contribution in [0.1, 0.15) is 17.0 Å². The molecule has 0 aliphatic heterocycles. The van der Waals surface area contributed by atoms with Gasteiger partial charge in [0.25, 0.3) is 0 Å². The zero-order valence-electron chi connectivity index (χ0n) is 17.5. The van der Waals surface area contributed by atoms with Crippen LogP contribution in [0.25, 0.3) is 22.5 Å². The zero-order valence-corrected chi connectivity index (χ0v) is 17.5. The number of benzene rings is 2. The van der Waals surface area contributed by atoms with Crippen LogP contribution in [0, 0.1) is 13.8 Å². The number of pyridine rings is 1. The maximum Gasteiger partial charge on any atom is 0.182 e. The Morgan fingerprint density at radius 3 is 2.48 bits per heavy atom. The van der Waals surface area contributed by atoms with Crippen molar-refractivity contribution < 1.29 is 9.47 Å². The van der Waals surface area contributed by atoms with Gasteiger partial charge in [-0.05, 0) is 41.0 Å². The van der Waals surface area contributed by atoms with E-state index in [0.29, 0.717) is 30.5 Å². The first-order valence-corrected chi connectivity index (χ1v) is 9.93. The molecule has 0 saturated heterocycles. The Bertz CT molecular complexity index is 1170. The fraction of sp³-hybridized carbons (Fsp3) is 0.167. The van der Waals surface area contributed by atoms with Crippen molar-refractivity contribution in [3.8, 4) is 34.0 Å². The SMILES string of the molecule is C=CCOc1c(OCc2ccc(-c3ccccc3-c3nnn[nH]3)cc2)cc(C)nc1C. The van der Waals surface area contributed by atoms with Gasteiger partial charge in [0.1, 0.15) is 13.2 Å². The molecular weight excluding hydrogens is 390 g/mol. The number of aromatic nitrogens is 5. The standard InChI is InChI=1S/C24H23N5O2/c1-4-13-30-23-17(3)25-16(2)14-22(23)31-15-18-9-11-19(12-10-18)20-7-5-6-8-21(20)24-26-28-29-27-24/h4-12,14H,1,13,15H2,2-3H3,(H,26,27,28,29). The van der Waals surface area contributed by atoms with Gasteiger partial charge in [0.05, 0.1) is 5.69 Å². The number of hydrogen-bond acceptors (Lipinski definition) is 6. The molecule has 31 heavy (non-hydrogen) atoms. The molecule has 7 heteroatoms. The van der Waals surface area contributed by atoms with Gasteiger partial charge in [0.2, 0.25) is 0 Å². The van der Waals surface area contributed by atoms with Crippen LogP contribution in [0.2, 0.25) is 0 Å². The van der Waals surface area contributed by atoms with Crippen molar-refractivity contribution in [3.63, 3.8) is 0 Å². The Morgan fingerprint density at radius 2 is 1.77 bits per heavy atom. The molecule has 0 aliphatic rings. The topological polar surface area (TPSA) is 85.8 Å². The van der Waals surface area contributed by atoms with E-state index in [1.54, 1.807) is 6.08 Å². The van der Waals surface area contributed by atoms with Crippen LogP contribution in [0.15, 0.2) is 67.3 Å². The first kappa shape index (κ1) is 20.3. The molecular formula is C24H23N5O2. The lowest BCUT2D eigenvalue weighted by atomic mass is 9.98. The Labute approximate surface area is 180 Å². The van der Waals surface area contributed by atoms with Crippen LogP contribution < -0.4 is 9.47 Å². The number of rotatable bonds is 8. The number of aryl methyl sites for hydroxylation is 2. The summed E-state index contributed by atoms with van der Waals surface area (Å²) in [5.74, 6) is 1.97. The minimum atomic E-state index is 0.400. The molecule has 0 aliphatic carbocycles. The summed E-state index contributed by atoms with van der Waals surface area (Å²) in [6, 6.07) is 18.1. The van der Waals surface area contributed by atoms with E-state index in [1.807, 2.05) is 38.1 Å². The van der Waals surface area contributed by atoms with Crippen molar-refractivity contribution in [1.82, 2.24) is 25.6 Å². The van der Waals surface area contributed by atoms with Crippen molar-refractivity contribution in [2.75, 3.05) is 6.61 Å². The largest absolute Gasteiger partial charge is 0.485 e. The van der Waals surface area contributed by atoms with Gasteiger partial charge in [-0.2, -0.15) is 0 Å². The maximum atomic E-state index is 6.08. The summed E-state index contributed by atoms with van der Waals surface area (Å²) in [7, 11) is 0. The summed E-state index contributed by atoms with van der Waals surface area (Å²) in [5, 5.41) is 14.2. The van der Waals surface area contributed by atoms with E-state index >= 15 is 0 Å². The van der Waals surface area contributed by atoms with E-state index in [4.69, 9.17) is 9.47 Å². The highest BCUT2D eigenvalue weighted by Gasteiger charge is 2.12. The molecule has 0 saturated carbocycles. The van der Waals surface area contributed by atoms with Crippen LogP contribution in [0.4, 0.5) is 0 Å². The Morgan fingerprint density at radius 1 is 1.00 bits per heavy atom. The van der Waals surface area contributed by atoms with Crippen molar-refractivity contribution in [2.24, 2.45) is 0 Å². The first-order chi connectivity index (χ1) is 15.2. The quantitative estimate of drug-likeness (QED) is 0.422. The van der Waals surface area contributed by atoms with E-state index in [0.717, 1.165) is 33.6 Å². The van der Waals surface area contributed by atoms with Crippen LogP contribution in [0.5, 0.6) is 11.5 Å². The van der Waals surface area contributed by atoms with E-state index < -0.39 is 0 Å². The number of tetrazole rings is 1. The van der Waals surface area contributed by atoms with Gasteiger partial charge in [0.15, 0.2) is 17.3 Å². The summed E-state index contributed by atoms with van der Waals surface area (Å²) in [4.78, 5) is 4.46. The predicted octanol–water partition coefficient (Wildman–Crippen LogP) is 4.69. The second-order valence-electron chi connectivity index (χ2n) is 7.06. The van der Waals surface area contributed by atoms with Crippen LogP contribution in [-0.4, -0.2) is 32.2 Å². The van der Waals surface area contributed by atoms with Crippen LogP contribution in [0.3, 0.4) is 0 Å². The van der Waals surface area contributed by atoms with E-state index in [1.165, 1.54) is 0 Å². The molecule has 0 bridgehead atoms. The molecule has 0 fully saturated rings. The minimum absolute atomic E-state index is 0.400. The molecule has 0 amide bonds. The lowest BCUT2D eigenvalue weighted by Gasteiger charge is -2.15. The summed E-state index contributed by atoms with van der Waals surface area (Å²) in [6.07, 6.45) is 1.70. The third kappa shape index (κ3) is 4.61. The summed E-state index contributed by atoms with van der Waals surface area (Å²) in [6.45, 7) is 8.37. The number of H-pyrrole nitrogens is 1. The van der Waals surface area contributed by atoms with Crippen molar-refractivity contribution in [3.05, 3.63) is 84.2 Å². The van der Waals surface area contributed by atoms with Gasteiger partial charge in [-0.1, -0.05) is 61.2 Å². The molecule has 0 spiro atoms. The highest BCUT2D eigenvalue weighted by atomic mass is 16.5. The predicted molar refractivity (Wildman–Crippen MR) is 119 cm³/mol. The van der Waals surface area contributed by atoms with Gasteiger partial charge >= 0.3 is 0 Å². The van der Waals surface area contributed by atoms with E-state index in [-0.39, 0.29) is 0 Å². The summed E-state index contributed by atoms with van der Waals surface area (Å²) >= 11 is 0. The number of nitrogens with one attached hydrogen (secondary N) is 1. The fourth-order valence-electron chi connectivity index (χ4n) is 3.36. The fourth-order valence-corrected chi connectivity index (χ4v) is 3.36. The van der Waals surface area contributed by atoms with Crippen molar-refractivity contribution >= 4 is 0 Å². The molecule has 1 N–H and O–H groups in total. The number of ether oxygens (including phenoxy) is 2. The molecule has 156 valence electrons.